The Bertz CT molecular complexity index is 823. The molecule has 1 unspecified atom stereocenters. The molecule has 1 atom stereocenters. The van der Waals surface area contributed by atoms with Gasteiger partial charge in [-0.15, -0.1) is 22.7 Å². The highest BCUT2D eigenvalue weighted by Gasteiger charge is 2.29. The minimum absolute atomic E-state index is 0.152. The number of carbonyl (C=O) groups is 2. The Kier molecular flexibility index (Phi) is 5.77. The molecule has 2 aromatic rings. The third kappa shape index (κ3) is 4.32. The summed E-state index contributed by atoms with van der Waals surface area (Å²) in [7, 11) is 0. The first-order chi connectivity index (χ1) is 12.3. The summed E-state index contributed by atoms with van der Waals surface area (Å²) in [4.78, 5) is 30.7. The third-order valence-electron chi connectivity index (χ3n) is 4.32. The zero-order valence-corrected chi connectivity index (χ0v) is 17.2. The summed E-state index contributed by atoms with van der Waals surface area (Å²) in [6.07, 6.45) is 2.88. The topological polar surface area (TPSA) is 68.3 Å². The number of thiophene rings is 1. The standard InChI is InChI=1S/C19H24N2O3S2/c1-10(2)24-19(23)17-14-6-5-11(3)7-15(14)26-18(17)21-16(22)8-13-9-25-12(4)20-13/h9-11H,5-8H2,1-4H3,(H,21,22). The normalized spacial score (nSPS) is 16.4. The molecule has 3 rings (SSSR count). The zero-order chi connectivity index (χ0) is 18.8. The van der Waals surface area contributed by atoms with E-state index in [-0.39, 0.29) is 24.4 Å². The molecular formula is C19H24N2O3S2. The van der Waals surface area contributed by atoms with Crippen LogP contribution in [0, 0.1) is 12.8 Å². The van der Waals surface area contributed by atoms with Crippen molar-refractivity contribution in [3.63, 3.8) is 0 Å². The molecule has 2 heterocycles. The van der Waals surface area contributed by atoms with Crippen molar-refractivity contribution in [2.75, 3.05) is 5.32 Å². The van der Waals surface area contributed by atoms with Gasteiger partial charge in [0, 0.05) is 10.3 Å². The Hall–Kier alpha value is -1.73. The lowest BCUT2D eigenvalue weighted by Crippen LogP contribution is -2.19. The average Bonchev–Trinajstić information content (AvgIpc) is 3.08. The van der Waals surface area contributed by atoms with Crippen LogP contribution in [0.2, 0.25) is 0 Å². The number of aromatic nitrogens is 1. The van der Waals surface area contributed by atoms with E-state index in [2.05, 4.69) is 17.2 Å². The van der Waals surface area contributed by atoms with E-state index in [0.29, 0.717) is 16.5 Å². The quantitative estimate of drug-likeness (QED) is 0.767. The summed E-state index contributed by atoms with van der Waals surface area (Å²) in [5.41, 5.74) is 2.36. The molecule has 0 bridgehead atoms. The molecule has 0 aliphatic heterocycles. The van der Waals surface area contributed by atoms with Crippen molar-refractivity contribution in [3.8, 4) is 0 Å². The van der Waals surface area contributed by atoms with Crippen LogP contribution in [0.4, 0.5) is 5.00 Å². The summed E-state index contributed by atoms with van der Waals surface area (Å²) in [5, 5.41) is 6.39. The molecule has 0 spiro atoms. The van der Waals surface area contributed by atoms with Crippen LogP contribution in [0.3, 0.4) is 0 Å². The van der Waals surface area contributed by atoms with Gasteiger partial charge in [0.25, 0.3) is 0 Å². The van der Waals surface area contributed by atoms with Gasteiger partial charge >= 0.3 is 5.97 Å². The number of carbonyl (C=O) groups excluding carboxylic acids is 2. The summed E-state index contributed by atoms with van der Waals surface area (Å²) in [5.74, 6) is 0.101. The predicted octanol–water partition coefficient (Wildman–Crippen LogP) is 4.38. The number of aryl methyl sites for hydroxylation is 1. The van der Waals surface area contributed by atoms with E-state index in [9.17, 15) is 9.59 Å². The molecule has 0 fully saturated rings. The highest BCUT2D eigenvalue weighted by molar-refractivity contribution is 7.17. The van der Waals surface area contributed by atoms with Gasteiger partial charge < -0.3 is 10.1 Å². The molecule has 2 aromatic heterocycles. The number of thiazole rings is 1. The molecule has 1 N–H and O–H groups in total. The van der Waals surface area contributed by atoms with E-state index in [1.807, 2.05) is 26.2 Å². The van der Waals surface area contributed by atoms with Crippen molar-refractivity contribution in [1.82, 2.24) is 4.98 Å². The number of ether oxygens (including phenoxy) is 1. The number of hydrogen-bond donors (Lipinski definition) is 1. The first kappa shape index (κ1) is 19.0. The Balaban J connectivity index is 1.85. The van der Waals surface area contributed by atoms with Crippen LogP contribution in [0.1, 0.15) is 58.7 Å². The molecule has 1 aliphatic carbocycles. The van der Waals surface area contributed by atoms with Gasteiger partial charge in [-0.2, -0.15) is 0 Å². The van der Waals surface area contributed by atoms with E-state index in [4.69, 9.17) is 4.74 Å². The zero-order valence-electron chi connectivity index (χ0n) is 15.5. The van der Waals surface area contributed by atoms with Crippen molar-refractivity contribution in [2.45, 2.75) is 59.5 Å². The Labute approximate surface area is 161 Å². The number of hydrogen-bond acceptors (Lipinski definition) is 6. The second-order valence-electron chi connectivity index (χ2n) is 7.09. The SMILES string of the molecule is Cc1nc(CC(=O)Nc2sc3c(c2C(=O)OC(C)C)CCC(C)C3)cs1. The van der Waals surface area contributed by atoms with E-state index < -0.39 is 0 Å². The number of amides is 1. The Morgan fingerprint density at radius 1 is 1.42 bits per heavy atom. The Morgan fingerprint density at radius 2 is 2.19 bits per heavy atom. The fraction of sp³-hybridized carbons (Fsp3) is 0.526. The van der Waals surface area contributed by atoms with E-state index in [1.54, 1.807) is 0 Å². The van der Waals surface area contributed by atoms with Crippen LogP contribution in [0.15, 0.2) is 5.38 Å². The number of rotatable bonds is 5. The number of nitrogens with one attached hydrogen (secondary N) is 1. The van der Waals surface area contributed by atoms with Crippen LogP contribution < -0.4 is 5.32 Å². The lowest BCUT2D eigenvalue weighted by Gasteiger charge is -2.18. The summed E-state index contributed by atoms with van der Waals surface area (Å²) < 4.78 is 5.44. The molecule has 0 saturated heterocycles. The Morgan fingerprint density at radius 3 is 2.85 bits per heavy atom. The fourth-order valence-electron chi connectivity index (χ4n) is 3.15. The lowest BCUT2D eigenvalue weighted by molar-refractivity contribution is -0.115. The fourth-order valence-corrected chi connectivity index (χ4v) is 5.18. The second-order valence-corrected chi connectivity index (χ2v) is 9.26. The van der Waals surface area contributed by atoms with Gasteiger partial charge in [0.2, 0.25) is 5.91 Å². The molecule has 0 saturated carbocycles. The van der Waals surface area contributed by atoms with Crippen molar-refractivity contribution in [2.24, 2.45) is 5.92 Å². The van der Waals surface area contributed by atoms with Crippen molar-refractivity contribution in [1.29, 1.82) is 0 Å². The monoisotopic (exact) mass is 392 g/mol. The van der Waals surface area contributed by atoms with Gasteiger partial charge in [-0.3, -0.25) is 4.79 Å². The van der Waals surface area contributed by atoms with Gasteiger partial charge in [0.05, 0.1) is 28.8 Å². The maximum Gasteiger partial charge on any atom is 0.341 e. The van der Waals surface area contributed by atoms with Gasteiger partial charge in [-0.25, -0.2) is 9.78 Å². The third-order valence-corrected chi connectivity index (χ3v) is 6.31. The summed E-state index contributed by atoms with van der Waals surface area (Å²) >= 11 is 3.04. The first-order valence-corrected chi connectivity index (χ1v) is 10.6. The van der Waals surface area contributed by atoms with E-state index in [1.165, 1.54) is 27.6 Å². The number of nitrogens with zero attached hydrogens (tertiary/aromatic N) is 1. The molecular weight excluding hydrogens is 368 g/mol. The first-order valence-electron chi connectivity index (χ1n) is 8.89. The minimum Gasteiger partial charge on any atom is -0.459 e. The lowest BCUT2D eigenvalue weighted by atomic mass is 9.88. The number of fused-ring (bicyclic) bond motifs is 1. The average molecular weight is 393 g/mol. The predicted molar refractivity (Wildman–Crippen MR) is 105 cm³/mol. The molecule has 1 aliphatic rings. The molecule has 0 radical (unpaired) electrons. The van der Waals surface area contributed by atoms with Gasteiger partial charge in [0.15, 0.2) is 0 Å². The van der Waals surface area contributed by atoms with Gasteiger partial charge in [-0.05, 0) is 51.5 Å². The van der Waals surface area contributed by atoms with Crippen LogP contribution in [-0.4, -0.2) is 23.0 Å². The van der Waals surface area contributed by atoms with E-state index >= 15 is 0 Å². The molecule has 140 valence electrons. The number of anilines is 1. The summed E-state index contributed by atoms with van der Waals surface area (Å²) in [6, 6.07) is 0. The highest BCUT2D eigenvalue weighted by atomic mass is 32.1. The maximum absolute atomic E-state index is 12.7. The molecule has 1 amide bonds. The second kappa shape index (κ2) is 7.88. The van der Waals surface area contributed by atoms with E-state index in [0.717, 1.165) is 35.5 Å². The van der Waals surface area contributed by atoms with Crippen LogP contribution in [0.5, 0.6) is 0 Å². The maximum atomic E-state index is 12.7. The number of esters is 1. The molecule has 5 nitrogen and oxygen atoms in total. The van der Waals surface area contributed by atoms with Gasteiger partial charge in [0.1, 0.15) is 5.00 Å². The van der Waals surface area contributed by atoms with Gasteiger partial charge in [-0.1, -0.05) is 6.92 Å². The smallest absolute Gasteiger partial charge is 0.341 e. The molecule has 26 heavy (non-hydrogen) atoms. The largest absolute Gasteiger partial charge is 0.459 e. The summed E-state index contributed by atoms with van der Waals surface area (Å²) in [6.45, 7) is 7.81. The highest BCUT2D eigenvalue weighted by Crippen LogP contribution is 2.40. The van der Waals surface area contributed by atoms with Crippen LogP contribution in [-0.2, 0) is 28.8 Å². The van der Waals surface area contributed by atoms with Crippen molar-refractivity contribution < 1.29 is 14.3 Å². The van der Waals surface area contributed by atoms with Crippen LogP contribution in [0.25, 0.3) is 0 Å². The van der Waals surface area contributed by atoms with Crippen molar-refractivity contribution in [3.05, 3.63) is 32.1 Å². The molecule has 7 heteroatoms. The van der Waals surface area contributed by atoms with Crippen LogP contribution >= 0.6 is 22.7 Å². The minimum atomic E-state index is -0.341. The van der Waals surface area contributed by atoms with Crippen molar-refractivity contribution >= 4 is 39.6 Å². The molecule has 0 aromatic carbocycles.